The van der Waals surface area contributed by atoms with E-state index in [1.807, 2.05) is 91.9 Å². The number of rotatable bonds is 5. The van der Waals surface area contributed by atoms with Crippen molar-refractivity contribution < 1.29 is 9.53 Å². The van der Waals surface area contributed by atoms with Gasteiger partial charge < -0.3 is 10.1 Å². The van der Waals surface area contributed by atoms with Crippen LogP contribution in [0.5, 0.6) is 5.75 Å². The second kappa shape index (κ2) is 8.50. The van der Waals surface area contributed by atoms with Crippen molar-refractivity contribution in [2.45, 2.75) is 6.92 Å². The molecule has 4 nitrogen and oxygen atoms in total. The molecule has 0 aliphatic heterocycles. The van der Waals surface area contributed by atoms with E-state index in [4.69, 9.17) is 4.74 Å². The fourth-order valence-electron chi connectivity index (χ4n) is 3.46. The number of carbonyl (C=O) groups is 1. The molecule has 0 unspecified atom stereocenters. The van der Waals surface area contributed by atoms with Crippen molar-refractivity contribution in [2.24, 2.45) is 0 Å². The fourth-order valence-corrected chi connectivity index (χ4v) is 3.46. The Morgan fingerprint density at radius 3 is 2.43 bits per heavy atom. The van der Waals surface area contributed by atoms with Crippen molar-refractivity contribution in [3.8, 4) is 11.8 Å². The number of benzene rings is 4. The number of nitrogens with one attached hydrogen (secondary N) is 1. The van der Waals surface area contributed by atoms with Gasteiger partial charge in [-0.3, -0.25) is 4.79 Å². The largest absolute Gasteiger partial charge is 0.493 e. The second-order valence-electron chi connectivity index (χ2n) is 6.82. The first-order valence-electron chi connectivity index (χ1n) is 9.76. The van der Waals surface area contributed by atoms with E-state index >= 15 is 0 Å². The molecule has 4 rings (SSSR count). The molecule has 0 saturated heterocycles. The van der Waals surface area contributed by atoms with Crippen molar-refractivity contribution >= 4 is 39.2 Å². The molecule has 0 radical (unpaired) electrons. The van der Waals surface area contributed by atoms with Crippen LogP contribution in [0.2, 0.25) is 0 Å². The zero-order chi connectivity index (χ0) is 20.9. The van der Waals surface area contributed by atoms with Crippen molar-refractivity contribution in [2.75, 3.05) is 11.9 Å². The van der Waals surface area contributed by atoms with Gasteiger partial charge in [0.2, 0.25) is 0 Å². The Morgan fingerprint density at radius 2 is 1.67 bits per heavy atom. The van der Waals surface area contributed by atoms with Crippen LogP contribution in [-0.4, -0.2) is 12.5 Å². The molecule has 0 spiro atoms. The van der Waals surface area contributed by atoms with Crippen LogP contribution >= 0.6 is 0 Å². The Balaban J connectivity index is 1.71. The molecule has 0 atom stereocenters. The summed E-state index contributed by atoms with van der Waals surface area (Å²) < 4.78 is 5.75. The molecule has 0 aromatic heterocycles. The highest BCUT2D eigenvalue weighted by atomic mass is 16.5. The van der Waals surface area contributed by atoms with Gasteiger partial charge in [-0.25, -0.2) is 0 Å². The first-order chi connectivity index (χ1) is 14.7. The molecule has 0 saturated carbocycles. The average Bonchev–Trinajstić information content (AvgIpc) is 2.78. The summed E-state index contributed by atoms with van der Waals surface area (Å²) in [7, 11) is 0. The first kappa shape index (κ1) is 19.2. The lowest BCUT2D eigenvalue weighted by Gasteiger charge is -2.11. The summed E-state index contributed by atoms with van der Waals surface area (Å²) in [6.07, 6.45) is 1.60. The third-order valence-electron chi connectivity index (χ3n) is 4.89. The minimum absolute atomic E-state index is 0.0143. The zero-order valence-electron chi connectivity index (χ0n) is 16.6. The van der Waals surface area contributed by atoms with Gasteiger partial charge in [0.05, 0.1) is 6.61 Å². The molecule has 30 heavy (non-hydrogen) atoms. The van der Waals surface area contributed by atoms with Crippen LogP contribution in [0.4, 0.5) is 5.69 Å². The molecule has 1 N–H and O–H groups in total. The molecule has 0 aliphatic carbocycles. The van der Waals surface area contributed by atoms with E-state index in [2.05, 4.69) is 5.32 Å². The topological polar surface area (TPSA) is 62.1 Å². The monoisotopic (exact) mass is 392 g/mol. The van der Waals surface area contributed by atoms with E-state index in [1.54, 1.807) is 6.08 Å². The highest BCUT2D eigenvalue weighted by molar-refractivity contribution is 6.11. The third-order valence-corrected chi connectivity index (χ3v) is 4.89. The normalized spacial score (nSPS) is 11.3. The van der Waals surface area contributed by atoms with E-state index in [0.717, 1.165) is 27.1 Å². The Bertz CT molecular complexity index is 1320. The maximum Gasteiger partial charge on any atom is 0.266 e. The van der Waals surface area contributed by atoms with Crippen LogP contribution < -0.4 is 10.1 Å². The SMILES string of the molecule is CCOc1ccc2ccccc2c1/C=C(\C#N)C(=O)Nc1ccc2ccccc2c1. The van der Waals surface area contributed by atoms with E-state index in [1.165, 1.54) is 0 Å². The van der Waals surface area contributed by atoms with E-state index in [0.29, 0.717) is 18.0 Å². The number of ether oxygens (including phenoxy) is 1. The number of nitriles is 1. The predicted octanol–water partition coefficient (Wildman–Crippen LogP) is 5.94. The Hall–Kier alpha value is -4.10. The number of nitrogens with zero attached hydrogens (tertiary/aromatic N) is 1. The van der Waals surface area contributed by atoms with Gasteiger partial charge in [0, 0.05) is 11.3 Å². The number of fused-ring (bicyclic) bond motifs is 2. The smallest absolute Gasteiger partial charge is 0.266 e. The van der Waals surface area contributed by atoms with E-state index in [9.17, 15) is 10.1 Å². The van der Waals surface area contributed by atoms with Crippen LogP contribution in [0.1, 0.15) is 12.5 Å². The molecule has 4 aromatic carbocycles. The summed E-state index contributed by atoms with van der Waals surface area (Å²) in [6.45, 7) is 2.39. The maximum atomic E-state index is 12.8. The molecule has 4 heteroatoms. The van der Waals surface area contributed by atoms with E-state index in [-0.39, 0.29) is 5.57 Å². The molecular weight excluding hydrogens is 372 g/mol. The van der Waals surface area contributed by atoms with Crippen molar-refractivity contribution in [1.82, 2.24) is 0 Å². The van der Waals surface area contributed by atoms with E-state index < -0.39 is 5.91 Å². The minimum atomic E-state index is -0.455. The molecule has 1 amide bonds. The van der Waals surface area contributed by atoms with Gasteiger partial charge in [0.1, 0.15) is 17.4 Å². The van der Waals surface area contributed by atoms with Crippen molar-refractivity contribution in [3.05, 3.63) is 90.0 Å². The lowest BCUT2D eigenvalue weighted by atomic mass is 10.0. The third kappa shape index (κ3) is 3.87. The van der Waals surface area contributed by atoms with Crippen LogP contribution in [0.3, 0.4) is 0 Å². The zero-order valence-corrected chi connectivity index (χ0v) is 16.6. The molecule has 146 valence electrons. The Kier molecular flexibility index (Phi) is 5.45. The fraction of sp³-hybridized carbons (Fsp3) is 0.0769. The van der Waals surface area contributed by atoms with Crippen LogP contribution in [-0.2, 0) is 4.79 Å². The molecule has 0 heterocycles. The highest BCUT2D eigenvalue weighted by Gasteiger charge is 2.14. The maximum absolute atomic E-state index is 12.8. The second-order valence-corrected chi connectivity index (χ2v) is 6.82. The number of carbonyl (C=O) groups excluding carboxylic acids is 1. The summed E-state index contributed by atoms with van der Waals surface area (Å²) >= 11 is 0. The standard InChI is InChI=1S/C26H20N2O2/c1-2-30-25-14-12-19-8-5-6-10-23(19)24(25)16-21(17-27)26(29)28-22-13-11-18-7-3-4-9-20(18)15-22/h3-16H,2H2,1H3,(H,28,29)/b21-16+. The van der Waals surface area contributed by atoms with Crippen molar-refractivity contribution in [3.63, 3.8) is 0 Å². The van der Waals surface area contributed by atoms with Crippen LogP contribution in [0.15, 0.2) is 84.4 Å². The first-order valence-corrected chi connectivity index (χ1v) is 9.76. The van der Waals surface area contributed by atoms with Crippen molar-refractivity contribution in [1.29, 1.82) is 5.26 Å². The Labute approximate surface area is 175 Å². The molecule has 4 aromatic rings. The summed E-state index contributed by atoms with van der Waals surface area (Å²) in [5.41, 5.74) is 1.38. The predicted molar refractivity (Wildman–Crippen MR) is 121 cm³/mol. The highest BCUT2D eigenvalue weighted by Crippen LogP contribution is 2.30. The summed E-state index contributed by atoms with van der Waals surface area (Å²) in [4.78, 5) is 12.8. The van der Waals surface area contributed by atoms with Gasteiger partial charge in [0.15, 0.2) is 0 Å². The van der Waals surface area contributed by atoms with Gasteiger partial charge >= 0.3 is 0 Å². The summed E-state index contributed by atoms with van der Waals surface area (Å²) in [5, 5.41) is 16.6. The lowest BCUT2D eigenvalue weighted by molar-refractivity contribution is -0.112. The molecule has 0 fully saturated rings. The average molecular weight is 392 g/mol. The van der Waals surface area contributed by atoms with Gasteiger partial charge in [-0.1, -0.05) is 60.7 Å². The summed E-state index contributed by atoms with van der Waals surface area (Å²) in [6, 6.07) is 27.3. The number of amides is 1. The van der Waals surface area contributed by atoms with Crippen LogP contribution in [0.25, 0.3) is 27.6 Å². The number of hydrogen-bond donors (Lipinski definition) is 1. The lowest BCUT2D eigenvalue weighted by Crippen LogP contribution is -2.13. The number of hydrogen-bond acceptors (Lipinski definition) is 3. The van der Waals surface area contributed by atoms with Gasteiger partial charge in [-0.2, -0.15) is 5.26 Å². The Morgan fingerprint density at radius 1 is 0.967 bits per heavy atom. The summed E-state index contributed by atoms with van der Waals surface area (Å²) in [5.74, 6) is 0.186. The van der Waals surface area contributed by atoms with Gasteiger partial charge in [0.25, 0.3) is 5.91 Å². The van der Waals surface area contributed by atoms with Gasteiger partial charge in [-0.05, 0) is 52.7 Å². The van der Waals surface area contributed by atoms with Crippen LogP contribution in [0, 0.1) is 11.3 Å². The quantitative estimate of drug-likeness (QED) is 0.338. The molecular formula is C26H20N2O2. The number of anilines is 1. The van der Waals surface area contributed by atoms with Gasteiger partial charge in [-0.15, -0.1) is 0 Å². The minimum Gasteiger partial charge on any atom is -0.493 e. The molecule has 0 bridgehead atoms. The molecule has 0 aliphatic rings.